The number of rotatable bonds is 3. The summed E-state index contributed by atoms with van der Waals surface area (Å²) in [6.45, 7) is 3.35. The molecular formula is C11H15N5O. The van der Waals surface area contributed by atoms with Crippen LogP contribution in [0.25, 0.3) is 5.52 Å². The fourth-order valence-electron chi connectivity index (χ4n) is 1.96. The van der Waals surface area contributed by atoms with Gasteiger partial charge < -0.3 is 15.4 Å². The van der Waals surface area contributed by atoms with E-state index in [2.05, 4.69) is 20.7 Å². The summed E-state index contributed by atoms with van der Waals surface area (Å²) < 4.78 is 7.42. The maximum Gasteiger partial charge on any atom is 0.152 e. The van der Waals surface area contributed by atoms with Crippen molar-refractivity contribution in [3.05, 3.63) is 24.7 Å². The van der Waals surface area contributed by atoms with Crippen molar-refractivity contribution in [1.29, 1.82) is 0 Å². The Morgan fingerprint density at radius 1 is 1.53 bits per heavy atom. The molecule has 17 heavy (non-hydrogen) atoms. The second kappa shape index (κ2) is 4.68. The number of nitrogens with zero attached hydrogens (tertiary/aromatic N) is 3. The molecular weight excluding hydrogens is 218 g/mol. The molecule has 90 valence electrons. The maximum atomic E-state index is 5.62. The van der Waals surface area contributed by atoms with Gasteiger partial charge in [0.15, 0.2) is 5.82 Å². The molecule has 0 radical (unpaired) electrons. The van der Waals surface area contributed by atoms with Gasteiger partial charge in [-0.3, -0.25) is 0 Å². The van der Waals surface area contributed by atoms with Crippen molar-refractivity contribution in [2.24, 2.45) is 0 Å². The predicted molar refractivity (Wildman–Crippen MR) is 64.1 cm³/mol. The molecule has 2 aromatic heterocycles. The van der Waals surface area contributed by atoms with E-state index in [1.54, 1.807) is 16.9 Å². The average Bonchev–Trinajstić information content (AvgIpc) is 2.86. The molecule has 0 amide bonds. The summed E-state index contributed by atoms with van der Waals surface area (Å²) in [6, 6.07) is 1.94. The van der Waals surface area contributed by atoms with Gasteiger partial charge in [-0.2, -0.15) is 5.10 Å². The van der Waals surface area contributed by atoms with Crippen LogP contribution in [0, 0.1) is 0 Å². The van der Waals surface area contributed by atoms with Crippen molar-refractivity contribution < 1.29 is 4.74 Å². The average molecular weight is 233 g/mol. The number of hydrogen-bond acceptors (Lipinski definition) is 5. The lowest BCUT2D eigenvalue weighted by molar-refractivity contribution is 0.0372. The Labute approximate surface area is 99.0 Å². The Morgan fingerprint density at radius 2 is 2.53 bits per heavy atom. The molecule has 1 unspecified atom stereocenters. The first-order valence-electron chi connectivity index (χ1n) is 5.78. The summed E-state index contributed by atoms with van der Waals surface area (Å²) in [4.78, 5) is 4.32. The lowest BCUT2D eigenvalue weighted by Gasteiger charge is -2.24. The number of aromatic nitrogens is 3. The Bertz CT molecular complexity index is 491. The highest BCUT2D eigenvalue weighted by Gasteiger charge is 2.13. The van der Waals surface area contributed by atoms with Crippen molar-refractivity contribution in [2.45, 2.75) is 6.10 Å². The smallest absolute Gasteiger partial charge is 0.152 e. The molecule has 3 heterocycles. The molecule has 1 aliphatic rings. The van der Waals surface area contributed by atoms with Crippen LogP contribution in [0.2, 0.25) is 0 Å². The van der Waals surface area contributed by atoms with E-state index in [1.807, 2.05) is 12.3 Å². The van der Waals surface area contributed by atoms with E-state index in [1.165, 1.54) is 0 Å². The van der Waals surface area contributed by atoms with Crippen molar-refractivity contribution in [3.63, 3.8) is 0 Å². The summed E-state index contributed by atoms with van der Waals surface area (Å²) in [5.74, 6) is 0.846. The highest BCUT2D eigenvalue weighted by molar-refractivity contribution is 5.66. The van der Waals surface area contributed by atoms with Crippen LogP contribution in [0.3, 0.4) is 0 Å². The van der Waals surface area contributed by atoms with Gasteiger partial charge in [0.05, 0.1) is 18.9 Å². The highest BCUT2D eigenvalue weighted by atomic mass is 16.5. The molecule has 0 spiro atoms. The minimum Gasteiger partial charge on any atom is -0.374 e. The standard InChI is InChI=1S/C11H15N5O/c1-2-15-16-5-3-13-11(10(1)16)14-8-9-7-12-4-6-17-9/h1-3,5,9,12H,4,6-8H2,(H,13,14). The van der Waals surface area contributed by atoms with Crippen LogP contribution in [-0.2, 0) is 4.74 Å². The van der Waals surface area contributed by atoms with E-state index >= 15 is 0 Å². The van der Waals surface area contributed by atoms with Gasteiger partial charge in [0, 0.05) is 32.0 Å². The zero-order chi connectivity index (χ0) is 11.5. The second-order valence-electron chi connectivity index (χ2n) is 4.01. The first kappa shape index (κ1) is 10.5. The van der Waals surface area contributed by atoms with Crippen LogP contribution in [0.1, 0.15) is 0 Å². The topological polar surface area (TPSA) is 63.5 Å². The molecule has 6 heteroatoms. The van der Waals surface area contributed by atoms with Crippen molar-refractivity contribution in [3.8, 4) is 0 Å². The van der Waals surface area contributed by atoms with Gasteiger partial charge in [-0.1, -0.05) is 0 Å². The van der Waals surface area contributed by atoms with Crippen LogP contribution < -0.4 is 10.6 Å². The summed E-state index contributed by atoms with van der Waals surface area (Å²) in [5, 5.41) is 10.8. The molecule has 1 aliphatic heterocycles. The molecule has 2 N–H and O–H groups in total. The minimum absolute atomic E-state index is 0.203. The quantitative estimate of drug-likeness (QED) is 0.789. The summed E-state index contributed by atoms with van der Waals surface area (Å²) in [6.07, 6.45) is 5.54. The van der Waals surface area contributed by atoms with E-state index in [9.17, 15) is 0 Å². The first-order valence-corrected chi connectivity index (χ1v) is 5.78. The third-order valence-electron chi connectivity index (χ3n) is 2.83. The van der Waals surface area contributed by atoms with E-state index in [4.69, 9.17) is 4.74 Å². The Balaban J connectivity index is 1.69. The third-order valence-corrected chi connectivity index (χ3v) is 2.83. The molecule has 0 saturated carbocycles. The number of hydrogen-bond donors (Lipinski definition) is 2. The van der Waals surface area contributed by atoms with Gasteiger partial charge in [0.2, 0.25) is 0 Å². The number of nitrogens with one attached hydrogen (secondary N) is 2. The van der Waals surface area contributed by atoms with Crippen LogP contribution in [0.4, 0.5) is 5.82 Å². The van der Waals surface area contributed by atoms with Crippen LogP contribution >= 0.6 is 0 Å². The number of ether oxygens (including phenoxy) is 1. The first-order chi connectivity index (χ1) is 8.43. The normalized spacial score (nSPS) is 20.6. The maximum absolute atomic E-state index is 5.62. The van der Waals surface area contributed by atoms with E-state index in [-0.39, 0.29) is 6.10 Å². The Hall–Kier alpha value is -1.66. The fourth-order valence-corrected chi connectivity index (χ4v) is 1.96. The largest absolute Gasteiger partial charge is 0.374 e. The number of fused-ring (bicyclic) bond motifs is 1. The lowest BCUT2D eigenvalue weighted by atomic mass is 10.3. The molecule has 0 aromatic carbocycles. The van der Waals surface area contributed by atoms with Crippen molar-refractivity contribution in [1.82, 2.24) is 19.9 Å². The number of anilines is 1. The van der Waals surface area contributed by atoms with Gasteiger partial charge in [0.25, 0.3) is 0 Å². The summed E-state index contributed by atoms with van der Waals surface area (Å²) in [5.41, 5.74) is 0.983. The van der Waals surface area contributed by atoms with E-state index in [0.29, 0.717) is 0 Å². The molecule has 0 aliphatic carbocycles. The van der Waals surface area contributed by atoms with Gasteiger partial charge in [0.1, 0.15) is 5.52 Å². The number of morpholine rings is 1. The molecule has 1 atom stereocenters. The van der Waals surface area contributed by atoms with E-state index in [0.717, 1.165) is 37.6 Å². The van der Waals surface area contributed by atoms with Crippen LogP contribution in [0.5, 0.6) is 0 Å². The monoisotopic (exact) mass is 233 g/mol. The van der Waals surface area contributed by atoms with E-state index < -0.39 is 0 Å². The minimum atomic E-state index is 0.203. The highest BCUT2D eigenvalue weighted by Crippen LogP contribution is 2.12. The molecule has 0 bridgehead atoms. The predicted octanol–water partition coefficient (Wildman–Crippen LogP) is 0.130. The Kier molecular flexibility index (Phi) is 2.89. The van der Waals surface area contributed by atoms with Gasteiger partial charge in [-0.15, -0.1) is 0 Å². The SMILES string of the molecule is c1cn2nccc2c(NCC2CNCCO2)n1. The lowest BCUT2D eigenvalue weighted by Crippen LogP contribution is -2.42. The van der Waals surface area contributed by atoms with Crippen LogP contribution in [-0.4, -0.2) is 46.9 Å². The van der Waals surface area contributed by atoms with Gasteiger partial charge in [-0.05, 0) is 6.07 Å². The summed E-state index contributed by atoms with van der Waals surface area (Å²) in [7, 11) is 0. The summed E-state index contributed by atoms with van der Waals surface area (Å²) >= 11 is 0. The fraction of sp³-hybridized carbons (Fsp3) is 0.455. The van der Waals surface area contributed by atoms with Gasteiger partial charge >= 0.3 is 0 Å². The molecule has 2 aromatic rings. The molecule has 1 saturated heterocycles. The van der Waals surface area contributed by atoms with Crippen molar-refractivity contribution in [2.75, 3.05) is 31.6 Å². The molecule has 3 rings (SSSR count). The van der Waals surface area contributed by atoms with Gasteiger partial charge in [-0.25, -0.2) is 9.50 Å². The zero-order valence-electron chi connectivity index (χ0n) is 9.47. The molecule has 1 fully saturated rings. The van der Waals surface area contributed by atoms with Crippen LogP contribution in [0.15, 0.2) is 24.7 Å². The van der Waals surface area contributed by atoms with Crippen molar-refractivity contribution >= 4 is 11.3 Å². The second-order valence-corrected chi connectivity index (χ2v) is 4.01. The zero-order valence-corrected chi connectivity index (χ0v) is 9.47. The third kappa shape index (κ3) is 2.22. The molecule has 6 nitrogen and oxygen atoms in total. The Morgan fingerprint density at radius 3 is 3.41 bits per heavy atom.